The molecule has 4 N–H and O–H groups in total. The van der Waals surface area contributed by atoms with Crippen LogP contribution in [0.15, 0.2) is 46.2 Å². The fourth-order valence-corrected chi connectivity index (χ4v) is 4.25. The minimum Gasteiger partial charge on any atom is -0.447 e. The number of pyridine rings is 1. The van der Waals surface area contributed by atoms with E-state index in [2.05, 4.69) is 26.1 Å². The van der Waals surface area contributed by atoms with Gasteiger partial charge in [-0.3, -0.25) is 9.78 Å². The molecule has 1 aromatic carbocycles. The summed E-state index contributed by atoms with van der Waals surface area (Å²) in [6, 6.07) is 7.87. The second kappa shape index (κ2) is 7.79. The molecule has 5 rings (SSSR count). The fraction of sp³-hybridized carbons (Fsp3) is 0.318. The number of hydrogen-bond acceptors (Lipinski definition) is 7. The summed E-state index contributed by atoms with van der Waals surface area (Å²) in [5.41, 5.74) is 4.83. The number of aromatic nitrogens is 1. The predicted octanol–water partition coefficient (Wildman–Crippen LogP) is 3.18. The lowest BCUT2D eigenvalue weighted by Gasteiger charge is -2.23. The molecule has 3 heterocycles. The molecule has 1 amide bonds. The van der Waals surface area contributed by atoms with Crippen LogP contribution in [0.2, 0.25) is 0 Å². The van der Waals surface area contributed by atoms with E-state index in [1.54, 1.807) is 12.4 Å². The number of rotatable bonds is 4. The second-order valence-corrected chi connectivity index (χ2v) is 7.72. The molecular weight excluding hydrogens is 382 g/mol. The van der Waals surface area contributed by atoms with E-state index in [4.69, 9.17) is 9.62 Å². The number of nitrogens with one attached hydrogen (secondary N) is 3. The minimum absolute atomic E-state index is 0.133. The van der Waals surface area contributed by atoms with Crippen molar-refractivity contribution in [1.82, 2.24) is 15.6 Å². The largest absolute Gasteiger partial charge is 0.447 e. The zero-order valence-corrected chi connectivity index (χ0v) is 16.4. The highest BCUT2D eigenvalue weighted by Gasteiger charge is 2.25. The van der Waals surface area contributed by atoms with Crippen LogP contribution in [0.4, 0.5) is 11.4 Å². The summed E-state index contributed by atoms with van der Waals surface area (Å²) >= 11 is 0. The van der Waals surface area contributed by atoms with Crippen LogP contribution in [0, 0.1) is 0 Å². The quantitative estimate of drug-likeness (QED) is 0.392. The number of hydrogen-bond donors (Lipinski definition) is 4. The molecule has 1 aliphatic carbocycles. The van der Waals surface area contributed by atoms with Gasteiger partial charge in [0.2, 0.25) is 5.76 Å². The number of benzene rings is 1. The van der Waals surface area contributed by atoms with Crippen LogP contribution >= 0.6 is 0 Å². The second-order valence-electron chi connectivity index (χ2n) is 7.72. The van der Waals surface area contributed by atoms with Gasteiger partial charge < -0.3 is 25.6 Å². The number of oxime groups is 1. The predicted molar refractivity (Wildman–Crippen MR) is 114 cm³/mol. The van der Waals surface area contributed by atoms with Crippen LogP contribution in [0.3, 0.4) is 0 Å². The molecule has 154 valence electrons. The van der Waals surface area contributed by atoms with Crippen LogP contribution in [0.1, 0.15) is 40.9 Å². The van der Waals surface area contributed by atoms with E-state index in [9.17, 15) is 4.79 Å². The number of nitrogens with zero attached hydrogens (tertiary/aromatic N) is 2. The maximum atomic E-state index is 13.0. The molecule has 3 aromatic rings. The van der Waals surface area contributed by atoms with Gasteiger partial charge in [-0.1, -0.05) is 11.2 Å². The SMILES string of the molecule is O=C(NC1CCNCC1)c1oc2cnccc2c1Nc1ccc2c(c1)CC/C2=N\O. The number of carbonyl (C=O) groups excluding carboxylic acids is 1. The lowest BCUT2D eigenvalue weighted by molar-refractivity contribution is 0.0905. The summed E-state index contributed by atoms with van der Waals surface area (Å²) < 4.78 is 5.90. The van der Waals surface area contributed by atoms with Gasteiger partial charge in [0.15, 0.2) is 5.58 Å². The molecule has 0 radical (unpaired) electrons. The normalized spacial score (nSPS) is 17.9. The third-order valence-electron chi connectivity index (χ3n) is 5.81. The van der Waals surface area contributed by atoms with E-state index in [-0.39, 0.29) is 17.7 Å². The maximum absolute atomic E-state index is 13.0. The molecule has 0 atom stereocenters. The van der Waals surface area contributed by atoms with Crippen LogP contribution < -0.4 is 16.0 Å². The van der Waals surface area contributed by atoms with Crippen molar-refractivity contribution in [2.45, 2.75) is 31.7 Å². The zero-order chi connectivity index (χ0) is 20.5. The van der Waals surface area contributed by atoms with Crippen LogP contribution in [-0.4, -0.2) is 40.9 Å². The first kappa shape index (κ1) is 18.6. The smallest absolute Gasteiger partial charge is 0.289 e. The number of amides is 1. The third-order valence-corrected chi connectivity index (χ3v) is 5.81. The average molecular weight is 405 g/mol. The lowest BCUT2D eigenvalue weighted by Crippen LogP contribution is -2.42. The number of fused-ring (bicyclic) bond motifs is 2. The molecular formula is C22H23N5O3. The minimum atomic E-state index is -0.225. The summed E-state index contributed by atoms with van der Waals surface area (Å²) in [6.45, 7) is 1.79. The molecule has 30 heavy (non-hydrogen) atoms. The Balaban J connectivity index is 1.47. The van der Waals surface area contributed by atoms with Gasteiger partial charge >= 0.3 is 0 Å². The molecule has 2 aromatic heterocycles. The number of aryl methyl sites for hydroxylation is 1. The van der Waals surface area contributed by atoms with Gasteiger partial charge in [-0.05, 0) is 62.5 Å². The molecule has 8 nitrogen and oxygen atoms in total. The van der Waals surface area contributed by atoms with Crippen molar-refractivity contribution >= 4 is 34.0 Å². The van der Waals surface area contributed by atoms with Crippen molar-refractivity contribution in [3.8, 4) is 0 Å². The highest BCUT2D eigenvalue weighted by molar-refractivity contribution is 6.08. The van der Waals surface area contributed by atoms with Crippen molar-refractivity contribution < 1.29 is 14.4 Å². The molecule has 0 saturated carbocycles. The van der Waals surface area contributed by atoms with Crippen molar-refractivity contribution in [3.63, 3.8) is 0 Å². The molecule has 8 heteroatoms. The first-order chi connectivity index (χ1) is 14.7. The first-order valence-corrected chi connectivity index (χ1v) is 10.2. The molecule has 2 aliphatic rings. The van der Waals surface area contributed by atoms with E-state index >= 15 is 0 Å². The van der Waals surface area contributed by atoms with Crippen LogP contribution in [-0.2, 0) is 6.42 Å². The summed E-state index contributed by atoms with van der Waals surface area (Å²) in [5, 5.41) is 23.1. The Morgan fingerprint density at radius 2 is 2.10 bits per heavy atom. The van der Waals surface area contributed by atoms with Crippen LogP contribution in [0.5, 0.6) is 0 Å². The Morgan fingerprint density at radius 3 is 2.93 bits per heavy atom. The molecule has 1 aliphatic heterocycles. The lowest BCUT2D eigenvalue weighted by atomic mass is 10.1. The highest BCUT2D eigenvalue weighted by Crippen LogP contribution is 2.34. The summed E-state index contributed by atoms with van der Waals surface area (Å²) in [4.78, 5) is 17.1. The van der Waals surface area contributed by atoms with E-state index in [0.717, 1.165) is 61.0 Å². The molecule has 1 fully saturated rings. The van der Waals surface area contributed by atoms with Crippen LogP contribution in [0.25, 0.3) is 11.0 Å². The first-order valence-electron chi connectivity index (χ1n) is 10.2. The summed E-state index contributed by atoms with van der Waals surface area (Å²) in [5.74, 6) is 0.0334. The van der Waals surface area contributed by atoms with Crippen molar-refractivity contribution in [3.05, 3.63) is 53.5 Å². The molecule has 0 spiro atoms. The number of furan rings is 1. The van der Waals surface area contributed by atoms with E-state index in [0.29, 0.717) is 17.0 Å². The van der Waals surface area contributed by atoms with Gasteiger partial charge in [0, 0.05) is 28.9 Å². The molecule has 0 bridgehead atoms. The van der Waals surface area contributed by atoms with Gasteiger partial charge in [0.05, 0.1) is 17.6 Å². The Kier molecular flexibility index (Phi) is 4.84. The molecule has 0 unspecified atom stereocenters. The van der Waals surface area contributed by atoms with Gasteiger partial charge in [-0.25, -0.2) is 0 Å². The van der Waals surface area contributed by atoms with E-state index < -0.39 is 0 Å². The Labute approximate surface area is 173 Å². The van der Waals surface area contributed by atoms with E-state index in [1.807, 2.05) is 24.3 Å². The van der Waals surface area contributed by atoms with Gasteiger partial charge in [-0.15, -0.1) is 0 Å². The van der Waals surface area contributed by atoms with Gasteiger partial charge in [0.1, 0.15) is 0 Å². The average Bonchev–Trinajstić information content (AvgIpc) is 3.36. The van der Waals surface area contributed by atoms with E-state index in [1.165, 1.54) is 0 Å². The number of carbonyl (C=O) groups is 1. The number of piperidine rings is 1. The summed E-state index contributed by atoms with van der Waals surface area (Å²) in [6.07, 6.45) is 6.65. The summed E-state index contributed by atoms with van der Waals surface area (Å²) in [7, 11) is 0. The van der Waals surface area contributed by atoms with Crippen molar-refractivity contribution in [2.24, 2.45) is 5.16 Å². The van der Waals surface area contributed by atoms with Crippen molar-refractivity contribution in [2.75, 3.05) is 18.4 Å². The van der Waals surface area contributed by atoms with Gasteiger partial charge in [0.25, 0.3) is 5.91 Å². The Hall–Kier alpha value is -3.39. The maximum Gasteiger partial charge on any atom is 0.289 e. The zero-order valence-electron chi connectivity index (χ0n) is 16.4. The Morgan fingerprint density at radius 1 is 1.23 bits per heavy atom. The highest BCUT2D eigenvalue weighted by atomic mass is 16.4. The van der Waals surface area contributed by atoms with Gasteiger partial charge in [-0.2, -0.15) is 0 Å². The monoisotopic (exact) mass is 405 g/mol. The number of anilines is 2. The van der Waals surface area contributed by atoms with Crippen molar-refractivity contribution in [1.29, 1.82) is 0 Å². The Bertz CT molecular complexity index is 1130. The molecule has 1 saturated heterocycles. The topological polar surface area (TPSA) is 112 Å². The third kappa shape index (κ3) is 3.39. The fourth-order valence-electron chi connectivity index (χ4n) is 4.25. The standard InChI is InChI=1S/C22H23N5O3/c28-22(26-14-5-8-23-9-6-14)21-20(17-7-10-24-12-19(17)30-21)25-15-2-3-16-13(11-15)1-4-18(16)27-29/h2-3,7,10-12,14,23,25,29H,1,4-6,8-9H2,(H,26,28)/b27-18+.